The highest BCUT2D eigenvalue weighted by atomic mass is 15.2. The van der Waals surface area contributed by atoms with Gasteiger partial charge in [0.1, 0.15) is 18.0 Å². The van der Waals surface area contributed by atoms with Crippen molar-refractivity contribution in [1.29, 1.82) is 0 Å². The number of hydrogen-bond donors (Lipinski definition) is 1. The van der Waals surface area contributed by atoms with Gasteiger partial charge in [0.25, 0.3) is 0 Å². The van der Waals surface area contributed by atoms with E-state index in [0.717, 1.165) is 50.3 Å². The fourth-order valence-electron chi connectivity index (χ4n) is 2.17. The van der Waals surface area contributed by atoms with Gasteiger partial charge in [-0.2, -0.15) is 0 Å². The van der Waals surface area contributed by atoms with Crippen molar-refractivity contribution in [1.82, 2.24) is 14.9 Å². The second kappa shape index (κ2) is 7.43. The van der Waals surface area contributed by atoms with E-state index in [1.54, 1.807) is 6.33 Å². The van der Waals surface area contributed by atoms with E-state index in [-0.39, 0.29) is 0 Å². The average Bonchev–Trinajstić information content (AvgIpc) is 3.30. The van der Waals surface area contributed by atoms with Gasteiger partial charge >= 0.3 is 0 Å². The molecule has 0 spiro atoms. The number of aromatic nitrogens is 2. The lowest BCUT2D eigenvalue weighted by atomic mass is 10.4. The molecule has 0 saturated heterocycles. The van der Waals surface area contributed by atoms with E-state index in [2.05, 4.69) is 46.0 Å². The molecule has 0 bridgehead atoms. The van der Waals surface area contributed by atoms with Gasteiger partial charge in [0.2, 0.25) is 0 Å². The first kappa shape index (κ1) is 15.0. The van der Waals surface area contributed by atoms with E-state index < -0.39 is 0 Å². The molecule has 112 valence electrons. The third kappa shape index (κ3) is 4.63. The minimum Gasteiger partial charge on any atom is -0.370 e. The second-order valence-corrected chi connectivity index (χ2v) is 5.53. The maximum Gasteiger partial charge on any atom is 0.133 e. The van der Waals surface area contributed by atoms with Crippen LogP contribution in [-0.2, 0) is 0 Å². The zero-order chi connectivity index (χ0) is 14.4. The molecular formula is C15H27N5. The topological polar surface area (TPSA) is 44.3 Å². The standard InChI is InChI=1S/C15H27N5/c1-4-20(5-2)9-8-19(3)15-10-14(17-12-18-15)16-11-13-6-7-13/h10,12-13H,4-9,11H2,1-3H3,(H,16,17,18). The fourth-order valence-corrected chi connectivity index (χ4v) is 2.17. The van der Waals surface area contributed by atoms with Gasteiger partial charge in [0.05, 0.1) is 0 Å². The lowest BCUT2D eigenvalue weighted by Crippen LogP contribution is -2.33. The molecule has 0 atom stereocenters. The second-order valence-electron chi connectivity index (χ2n) is 5.53. The Balaban J connectivity index is 1.84. The maximum absolute atomic E-state index is 4.37. The molecule has 2 rings (SSSR count). The zero-order valence-corrected chi connectivity index (χ0v) is 13.0. The predicted molar refractivity (Wildman–Crippen MR) is 84.3 cm³/mol. The highest BCUT2D eigenvalue weighted by Gasteiger charge is 2.20. The largest absolute Gasteiger partial charge is 0.370 e. The summed E-state index contributed by atoms with van der Waals surface area (Å²) in [6, 6.07) is 2.05. The van der Waals surface area contributed by atoms with Gasteiger partial charge in [0.15, 0.2) is 0 Å². The summed E-state index contributed by atoms with van der Waals surface area (Å²) in [5.74, 6) is 2.79. The van der Waals surface area contributed by atoms with Crippen LogP contribution in [0.25, 0.3) is 0 Å². The molecule has 1 aromatic heterocycles. The van der Waals surface area contributed by atoms with E-state index in [4.69, 9.17) is 0 Å². The van der Waals surface area contributed by atoms with Gasteiger partial charge in [-0.1, -0.05) is 13.8 Å². The van der Waals surface area contributed by atoms with Crippen LogP contribution in [0.1, 0.15) is 26.7 Å². The Morgan fingerprint density at radius 2 is 1.95 bits per heavy atom. The van der Waals surface area contributed by atoms with Crippen LogP contribution < -0.4 is 10.2 Å². The molecule has 0 aromatic carbocycles. The third-order valence-corrected chi connectivity index (χ3v) is 3.96. The van der Waals surface area contributed by atoms with Gasteiger partial charge in [-0.3, -0.25) is 0 Å². The molecule has 1 saturated carbocycles. The van der Waals surface area contributed by atoms with Gasteiger partial charge in [-0.05, 0) is 31.8 Å². The molecule has 1 heterocycles. The lowest BCUT2D eigenvalue weighted by molar-refractivity contribution is 0.311. The molecule has 0 unspecified atom stereocenters. The molecule has 0 aliphatic heterocycles. The zero-order valence-electron chi connectivity index (χ0n) is 13.0. The van der Waals surface area contributed by atoms with Crippen molar-refractivity contribution < 1.29 is 0 Å². The van der Waals surface area contributed by atoms with Crippen LogP contribution in [0.15, 0.2) is 12.4 Å². The van der Waals surface area contributed by atoms with E-state index >= 15 is 0 Å². The molecule has 1 aliphatic rings. The molecule has 5 heteroatoms. The van der Waals surface area contributed by atoms with Gasteiger partial charge in [-0.25, -0.2) is 9.97 Å². The van der Waals surface area contributed by atoms with E-state index in [0.29, 0.717) is 0 Å². The van der Waals surface area contributed by atoms with Crippen LogP contribution in [0.2, 0.25) is 0 Å². The Morgan fingerprint density at radius 3 is 2.60 bits per heavy atom. The lowest BCUT2D eigenvalue weighted by Gasteiger charge is -2.24. The third-order valence-electron chi connectivity index (χ3n) is 3.96. The number of likely N-dealkylation sites (N-methyl/N-ethyl adjacent to an activating group) is 2. The van der Waals surface area contributed by atoms with Crippen molar-refractivity contribution >= 4 is 11.6 Å². The van der Waals surface area contributed by atoms with Crippen molar-refractivity contribution in [2.75, 3.05) is 50.0 Å². The minimum atomic E-state index is 0.855. The van der Waals surface area contributed by atoms with Gasteiger partial charge < -0.3 is 15.1 Å². The molecule has 0 amide bonds. The molecule has 1 N–H and O–H groups in total. The first-order chi connectivity index (χ1) is 9.72. The summed E-state index contributed by atoms with van der Waals surface area (Å²) in [7, 11) is 2.09. The summed E-state index contributed by atoms with van der Waals surface area (Å²) >= 11 is 0. The van der Waals surface area contributed by atoms with Crippen LogP contribution in [0.4, 0.5) is 11.6 Å². The number of anilines is 2. The molecule has 5 nitrogen and oxygen atoms in total. The summed E-state index contributed by atoms with van der Waals surface area (Å²) in [6.07, 6.45) is 4.36. The average molecular weight is 277 g/mol. The summed E-state index contributed by atoms with van der Waals surface area (Å²) in [5.41, 5.74) is 0. The number of hydrogen-bond acceptors (Lipinski definition) is 5. The summed E-state index contributed by atoms with van der Waals surface area (Å²) in [4.78, 5) is 13.3. The maximum atomic E-state index is 4.37. The molecule has 20 heavy (non-hydrogen) atoms. The predicted octanol–water partition coefficient (Wildman–Crippen LogP) is 2.08. The quantitative estimate of drug-likeness (QED) is 0.748. The highest BCUT2D eigenvalue weighted by molar-refractivity contribution is 5.47. The van der Waals surface area contributed by atoms with E-state index in [9.17, 15) is 0 Å². The molecule has 1 aliphatic carbocycles. The molecule has 1 fully saturated rings. The summed E-state index contributed by atoms with van der Waals surface area (Å²) in [5, 5.41) is 3.40. The Hall–Kier alpha value is -1.36. The van der Waals surface area contributed by atoms with Crippen LogP contribution in [-0.4, -0.2) is 54.6 Å². The summed E-state index contributed by atoms with van der Waals surface area (Å²) in [6.45, 7) is 9.70. The smallest absolute Gasteiger partial charge is 0.133 e. The van der Waals surface area contributed by atoms with E-state index in [1.807, 2.05) is 6.07 Å². The van der Waals surface area contributed by atoms with Crippen LogP contribution >= 0.6 is 0 Å². The van der Waals surface area contributed by atoms with Crippen LogP contribution in [0, 0.1) is 5.92 Å². The van der Waals surface area contributed by atoms with Crippen LogP contribution in [0.5, 0.6) is 0 Å². The minimum absolute atomic E-state index is 0.855. The molecular weight excluding hydrogens is 250 g/mol. The van der Waals surface area contributed by atoms with Crippen molar-refractivity contribution in [3.05, 3.63) is 12.4 Å². The summed E-state index contributed by atoms with van der Waals surface area (Å²) < 4.78 is 0. The Labute approximate surface area is 122 Å². The van der Waals surface area contributed by atoms with Crippen molar-refractivity contribution in [2.45, 2.75) is 26.7 Å². The normalized spacial score (nSPS) is 14.6. The van der Waals surface area contributed by atoms with Crippen molar-refractivity contribution in [2.24, 2.45) is 5.92 Å². The Bertz CT molecular complexity index is 401. The highest BCUT2D eigenvalue weighted by Crippen LogP contribution is 2.28. The number of rotatable bonds is 9. The fraction of sp³-hybridized carbons (Fsp3) is 0.733. The Morgan fingerprint density at radius 1 is 1.20 bits per heavy atom. The first-order valence-corrected chi connectivity index (χ1v) is 7.72. The van der Waals surface area contributed by atoms with Crippen molar-refractivity contribution in [3.8, 4) is 0 Å². The van der Waals surface area contributed by atoms with Crippen LogP contribution in [0.3, 0.4) is 0 Å². The number of nitrogens with zero attached hydrogens (tertiary/aromatic N) is 4. The number of nitrogens with one attached hydrogen (secondary N) is 1. The monoisotopic (exact) mass is 277 g/mol. The molecule has 0 radical (unpaired) electrons. The SMILES string of the molecule is CCN(CC)CCN(C)c1cc(NCC2CC2)ncn1. The van der Waals surface area contributed by atoms with Gasteiger partial charge in [-0.15, -0.1) is 0 Å². The van der Waals surface area contributed by atoms with Gasteiger partial charge in [0, 0.05) is 32.7 Å². The first-order valence-electron chi connectivity index (χ1n) is 7.72. The van der Waals surface area contributed by atoms with E-state index in [1.165, 1.54) is 12.8 Å². The Kier molecular flexibility index (Phi) is 5.59. The van der Waals surface area contributed by atoms with Crippen molar-refractivity contribution in [3.63, 3.8) is 0 Å². The molecule has 1 aromatic rings.